The van der Waals surface area contributed by atoms with Gasteiger partial charge in [0.05, 0.1) is 5.56 Å². The Hall–Kier alpha value is -0.427. The fraction of sp³-hybridized carbons (Fsp3) is 0. The molecule has 2 nitrogen and oxygen atoms in total. The van der Waals surface area contributed by atoms with Crippen molar-refractivity contribution in [3.8, 4) is 0 Å². The van der Waals surface area contributed by atoms with Crippen molar-refractivity contribution in [3.05, 3.63) is 35.9 Å². The van der Waals surface area contributed by atoms with Crippen molar-refractivity contribution < 1.29 is 9.90 Å². The molecule has 0 bridgehead atoms. The summed E-state index contributed by atoms with van der Waals surface area (Å²) in [4.78, 5) is 10.2. The quantitative estimate of drug-likeness (QED) is 0.780. The number of hydrogen-bond donors (Lipinski definition) is 1. The Bertz CT molecular complexity index is 208. The zero-order chi connectivity index (χ0) is 6.69. The average molecular weight is 331 g/mol. The first-order valence-electron chi connectivity index (χ1n) is 2.59. The van der Waals surface area contributed by atoms with Crippen molar-refractivity contribution in [1.82, 2.24) is 0 Å². The molecule has 0 aromatic heterocycles. The van der Waals surface area contributed by atoms with Gasteiger partial charge in [-0.05, 0) is 12.1 Å². The Morgan fingerprint density at radius 3 is 2.00 bits per heavy atom. The van der Waals surface area contributed by atoms with Gasteiger partial charge in [0.2, 0.25) is 0 Å². The summed E-state index contributed by atoms with van der Waals surface area (Å²) in [6.07, 6.45) is 0. The molecule has 0 aliphatic carbocycles. The van der Waals surface area contributed by atoms with Crippen LogP contribution in [-0.2, 0) is 0 Å². The maximum atomic E-state index is 10.2. The molecule has 3 heteroatoms. The van der Waals surface area contributed by atoms with Crippen LogP contribution in [0.3, 0.4) is 0 Å². The van der Waals surface area contributed by atoms with Crippen molar-refractivity contribution in [2.45, 2.75) is 0 Å². The number of carboxylic acids is 1. The molecule has 0 saturated carbocycles. The van der Waals surface area contributed by atoms with Gasteiger partial charge in [-0.1, -0.05) is 18.2 Å². The van der Waals surface area contributed by atoms with Crippen LogP contribution in [0.1, 0.15) is 10.4 Å². The summed E-state index contributed by atoms with van der Waals surface area (Å²) in [5.74, 6) is -0.879. The van der Waals surface area contributed by atoms with Crippen LogP contribution < -0.4 is 0 Å². The van der Waals surface area contributed by atoms with Crippen LogP contribution in [0.5, 0.6) is 0 Å². The summed E-state index contributed by atoms with van der Waals surface area (Å²) in [6, 6.07) is 8.30. The van der Waals surface area contributed by atoms with Crippen molar-refractivity contribution in [1.29, 1.82) is 0 Å². The summed E-state index contributed by atoms with van der Waals surface area (Å²) in [6.45, 7) is 0. The third-order valence-electron chi connectivity index (χ3n) is 1.02. The number of benzene rings is 1. The molecule has 1 N–H and O–H groups in total. The average Bonchev–Trinajstić information content (AvgIpc) is 1.90. The third-order valence-corrected chi connectivity index (χ3v) is 1.02. The molecule has 3 radical (unpaired) electrons. The molecule has 10 heavy (non-hydrogen) atoms. The Kier molecular flexibility index (Phi) is 4.21. The number of rotatable bonds is 1. The van der Waals surface area contributed by atoms with Gasteiger partial charge in [-0.2, -0.15) is 0 Å². The van der Waals surface area contributed by atoms with Crippen LogP contribution >= 0.6 is 0 Å². The summed E-state index contributed by atoms with van der Waals surface area (Å²) in [7, 11) is 0. The van der Waals surface area contributed by atoms with Crippen LogP contribution in [-0.4, -0.2) is 37.3 Å². The molecule has 0 heterocycles. The molecule has 0 saturated heterocycles. The summed E-state index contributed by atoms with van der Waals surface area (Å²) >= 11 is 0. The van der Waals surface area contributed by atoms with Crippen LogP contribution in [0.4, 0.5) is 0 Å². The van der Waals surface area contributed by atoms with Gasteiger partial charge in [-0.15, -0.1) is 0 Å². The van der Waals surface area contributed by atoms with Gasteiger partial charge >= 0.3 is 5.97 Å². The van der Waals surface area contributed by atoms with Gasteiger partial charge in [0.15, 0.2) is 0 Å². The maximum Gasteiger partial charge on any atom is 0.335 e. The van der Waals surface area contributed by atoms with Gasteiger partial charge in [0.25, 0.3) is 0 Å². The first-order valence-corrected chi connectivity index (χ1v) is 2.59. The third kappa shape index (κ3) is 2.44. The molecular formula is C7H6BiO2. The van der Waals surface area contributed by atoms with E-state index < -0.39 is 5.97 Å². The normalized spacial score (nSPS) is 8.00. The Morgan fingerprint density at radius 2 is 1.70 bits per heavy atom. The van der Waals surface area contributed by atoms with Gasteiger partial charge in [0, 0.05) is 26.2 Å². The Morgan fingerprint density at radius 1 is 1.20 bits per heavy atom. The molecule has 51 valence electrons. The monoisotopic (exact) mass is 331 g/mol. The minimum atomic E-state index is -0.879. The van der Waals surface area contributed by atoms with E-state index in [1.165, 1.54) is 0 Å². The topological polar surface area (TPSA) is 37.3 Å². The SMILES string of the molecule is O=C(O)c1ccccc1.[Bi]. The first kappa shape index (κ1) is 9.57. The summed E-state index contributed by atoms with van der Waals surface area (Å²) in [5, 5.41) is 8.38. The molecule has 0 atom stereocenters. The van der Waals surface area contributed by atoms with Gasteiger partial charge < -0.3 is 5.11 Å². The second kappa shape index (κ2) is 4.40. The second-order valence-electron chi connectivity index (χ2n) is 1.67. The van der Waals surface area contributed by atoms with E-state index in [4.69, 9.17) is 5.11 Å². The predicted octanol–water partition coefficient (Wildman–Crippen LogP) is 1.00. The van der Waals surface area contributed by atoms with E-state index in [1.807, 2.05) is 0 Å². The number of carbonyl (C=O) groups is 1. The Balaban J connectivity index is 0.000000810. The molecule has 0 aliphatic heterocycles. The van der Waals surface area contributed by atoms with Crippen molar-refractivity contribution in [2.75, 3.05) is 0 Å². The van der Waals surface area contributed by atoms with E-state index in [9.17, 15) is 4.79 Å². The maximum absolute atomic E-state index is 10.2. The largest absolute Gasteiger partial charge is 0.478 e. The minimum Gasteiger partial charge on any atom is -0.478 e. The van der Waals surface area contributed by atoms with Crippen molar-refractivity contribution in [2.24, 2.45) is 0 Å². The van der Waals surface area contributed by atoms with E-state index in [1.54, 1.807) is 30.3 Å². The molecule has 1 rings (SSSR count). The van der Waals surface area contributed by atoms with E-state index in [-0.39, 0.29) is 26.2 Å². The van der Waals surface area contributed by atoms with E-state index in [0.29, 0.717) is 5.56 Å². The molecule has 0 fully saturated rings. The van der Waals surface area contributed by atoms with E-state index >= 15 is 0 Å². The van der Waals surface area contributed by atoms with E-state index in [2.05, 4.69) is 0 Å². The number of aromatic carboxylic acids is 1. The second-order valence-corrected chi connectivity index (χ2v) is 1.67. The van der Waals surface area contributed by atoms with Crippen molar-refractivity contribution >= 4 is 32.2 Å². The molecule has 0 spiro atoms. The van der Waals surface area contributed by atoms with Crippen molar-refractivity contribution in [3.63, 3.8) is 0 Å². The summed E-state index contributed by atoms with van der Waals surface area (Å²) in [5.41, 5.74) is 0.331. The molecule has 1 aromatic rings. The molecule has 0 aliphatic rings. The molecule has 0 amide bonds. The minimum absolute atomic E-state index is 0. The standard InChI is InChI=1S/C7H6O2.Bi/c8-7(9)6-4-2-1-3-5-6;/h1-5H,(H,8,9);. The fourth-order valence-corrected chi connectivity index (χ4v) is 0.581. The van der Waals surface area contributed by atoms with Crippen LogP contribution in [0.25, 0.3) is 0 Å². The predicted molar refractivity (Wildman–Crippen MR) is 39.2 cm³/mol. The fourth-order valence-electron chi connectivity index (χ4n) is 0.581. The smallest absolute Gasteiger partial charge is 0.335 e. The summed E-state index contributed by atoms with van der Waals surface area (Å²) < 4.78 is 0. The van der Waals surface area contributed by atoms with Crippen LogP contribution in [0.2, 0.25) is 0 Å². The van der Waals surface area contributed by atoms with Gasteiger partial charge in [-0.3, -0.25) is 0 Å². The number of carboxylic acid groups (broad SMARTS) is 1. The van der Waals surface area contributed by atoms with Crippen LogP contribution in [0, 0.1) is 0 Å². The Labute approximate surface area is 78.0 Å². The number of hydrogen-bond acceptors (Lipinski definition) is 1. The molecular weight excluding hydrogens is 325 g/mol. The molecule has 1 aromatic carbocycles. The molecule has 0 unspecified atom stereocenters. The zero-order valence-corrected chi connectivity index (χ0v) is 8.67. The van der Waals surface area contributed by atoms with E-state index in [0.717, 1.165) is 0 Å². The van der Waals surface area contributed by atoms with Crippen LogP contribution in [0.15, 0.2) is 30.3 Å². The first-order chi connectivity index (χ1) is 4.30. The van der Waals surface area contributed by atoms with Gasteiger partial charge in [-0.25, -0.2) is 4.79 Å². The zero-order valence-electron chi connectivity index (χ0n) is 5.19. The van der Waals surface area contributed by atoms with Gasteiger partial charge in [0.1, 0.15) is 0 Å².